The van der Waals surface area contributed by atoms with E-state index in [0.29, 0.717) is 0 Å². The Hall–Kier alpha value is 1.65. The molecular formula is CuS2W. The number of rotatable bonds is 0. The summed E-state index contributed by atoms with van der Waals surface area (Å²) < 4.78 is 0. The molecule has 4 heteroatoms. The monoisotopic (exact) mass is 311 g/mol. The van der Waals surface area contributed by atoms with Crippen LogP contribution in [0.3, 0.4) is 0 Å². The summed E-state index contributed by atoms with van der Waals surface area (Å²) in [5.74, 6) is 0. The molecule has 0 fully saturated rings. The van der Waals surface area contributed by atoms with Crippen molar-refractivity contribution in [3.05, 3.63) is 0 Å². The van der Waals surface area contributed by atoms with E-state index < -0.39 is 14.9 Å². The molecule has 1 radical (unpaired) electrons. The third-order valence-electron chi connectivity index (χ3n) is 0. The summed E-state index contributed by atoms with van der Waals surface area (Å²) in [6.45, 7) is 0. The Balaban J connectivity index is 0. The Bertz CT molecular complexity index is 27.0. The molecule has 0 aliphatic rings. The van der Waals surface area contributed by atoms with E-state index in [0.717, 1.165) is 0 Å². The van der Waals surface area contributed by atoms with Crippen molar-refractivity contribution in [1.82, 2.24) is 0 Å². The van der Waals surface area contributed by atoms with E-state index in [4.69, 9.17) is 0 Å². The second-order valence-electron chi connectivity index (χ2n) is 0.0680. The Morgan fingerprint density at radius 1 is 1.25 bits per heavy atom. The zero-order chi connectivity index (χ0) is 2.71. The maximum absolute atomic E-state index is 4.38. The molecule has 29 valence electrons. The summed E-state index contributed by atoms with van der Waals surface area (Å²) in [7, 11) is 8.75. The first-order valence-corrected chi connectivity index (χ1v) is 8.19. The second-order valence-corrected chi connectivity index (χ2v) is 5.01. The fraction of sp³-hybridized carbons (Fsp3) is 0. The molecule has 0 bridgehead atoms. The molecule has 0 unspecified atom stereocenters. The van der Waals surface area contributed by atoms with E-state index in [1.54, 1.807) is 0 Å². The van der Waals surface area contributed by atoms with E-state index in [1.807, 2.05) is 0 Å². The molecule has 0 nitrogen and oxygen atoms in total. The number of hydrogen-bond acceptors (Lipinski definition) is 2. The summed E-state index contributed by atoms with van der Waals surface area (Å²) in [4.78, 5) is 0. The normalized spacial score (nSPS) is 3.00. The summed E-state index contributed by atoms with van der Waals surface area (Å²) in [5, 5.41) is 0. The van der Waals surface area contributed by atoms with Gasteiger partial charge in [-0.25, -0.2) is 0 Å². The van der Waals surface area contributed by atoms with Crippen LogP contribution in [-0.4, -0.2) is 0 Å². The SMILES string of the molecule is [Cu].[S]=[W]=[S]. The predicted molar refractivity (Wildman–Crippen MR) is 15.2 cm³/mol. The third-order valence-corrected chi connectivity index (χ3v) is 0. The van der Waals surface area contributed by atoms with Crippen LogP contribution in [0.25, 0.3) is 0 Å². The molecule has 0 spiro atoms. The average molecular weight is 312 g/mol. The maximum atomic E-state index is 4.38. The van der Waals surface area contributed by atoms with Gasteiger partial charge in [-0.05, 0) is 0 Å². The topological polar surface area (TPSA) is 0 Å². The van der Waals surface area contributed by atoms with Gasteiger partial charge in [0.2, 0.25) is 0 Å². The van der Waals surface area contributed by atoms with Gasteiger partial charge >= 0.3 is 34.6 Å². The summed E-state index contributed by atoms with van der Waals surface area (Å²) >= 11 is -0.583. The third kappa shape index (κ3) is 9.42. The van der Waals surface area contributed by atoms with Gasteiger partial charge in [0.25, 0.3) is 0 Å². The van der Waals surface area contributed by atoms with Crippen LogP contribution >= 0.6 is 19.6 Å². The van der Waals surface area contributed by atoms with Crippen LogP contribution in [-0.2, 0) is 32.0 Å². The second kappa shape index (κ2) is 8.82. The Morgan fingerprint density at radius 2 is 1.25 bits per heavy atom. The van der Waals surface area contributed by atoms with Crippen molar-refractivity contribution < 1.29 is 32.0 Å². The Kier molecular flexibility index (Phi) is 20.2. The van der Waals surface area contributed by atoms with E-state index >= 15 is 0 Å². The molecule has 0 heterocycles. The zero-order valence-electron chi connectivity index (χ0n) is 1.53. The number of hydrogen-bond donors (Lipinski definition) is 0. The fourth-order valence-corrected chi connectivity index (χ4v) is 0. The molecule has 0 aromatic rings. The van der Waals surface area contributed by atoms with Gasteiger partial charge in [-0.1, -0.05) is 0 Å². The molecular weight excluding hydrogens is 312 g/mol. The molecule has 0 aromatic carbocycles. The van der Waals surface area contributed by atoms with Gasteiger partial charge in [0.05, 0.1) is 0 Å². The van der Waals surface area contributed by atoms with E-state index in [1.165, 1.54) is 0 Å². The van der Waals surface area contributed by atoms with Crippen molar-refractivity contribution in [2.75, 3.05) is 0 Å². The van der Waals surface area contributed by atoms with Gasteiger partial charge in [-0.3, -0.25) is 0 Å². The van der Waals surface area contributed by atoms with Gasteiger partial charge in [0, 0.05) is 17.1 Å². The molecule has 4 heavy (non-hydrogen) atoms. The van der Waals surface area contributed by atoms with E-state index in [9.17, 15) is 0 Å². The van der Waals surface area contributed by atoms with Crippen LogP contribution in [0.4, 0.5) is 0 Å². The first-order chi connectivity index (χ1) is 1.41. The van der Waals surface area contributed by atoms with Crippen LogP contribution in [0.15, 0.2) is 0 Å². The molecule has 0 saturated carbocycles. The van der Waals surface area contributed by atoms with Crippen molar-refractivity contribution in [3.63, 3.8) is 0 Å². The van der Waals surface area contributed by atoms with Gasteiger partial charge in [-0.2, -0.15) is 0 Å². The molecule has 0 saturated heterocycles. The van der Waals surface area contributed by atoms with Crippen LogP contribution in [0, 0.1) is 0 Å². The van der Waals surface area contributed by atoms with Gasteiger partial charge in [0.1, 0.15) is 0 Å². The first kappa shape index (κ1) is 9.17. The van der Waals surface area contributed by atoms with Crippen LogP contribution < -0.4 is 0 Å². The van der Waals surface area contributed by atoms with Crippen molar-refractivity contribution >= 4 is 19.6 Å². The molecule has 0 aliphatic carbocycles. The summed E-state index contributed by atoms with van der Waals surface area (Å²) in [6, 6.07) is 0. The van der Waals surface area contributed by atoms with E-state index in [-0.39, 0.29) is 17.1 Å². The van der Waals surface area contributed by atoms with E-state index in [2.05, 4.69) is 19.6 Å². The molecule has 0 atom stereocenters. The minimum atomic E-state index is -0.583. The predicted octanol–water partition coefficient (Wildman–Crippen LogP) is 1.29. The Morgan fingerprint density at radius 3 is 1.25 bits per heavy atom. The quantitative estimate of drug-likeness (QED) is 0.619. The van der Waals surface area contributed by atoms with Gasteiger partial charge in [0.15, 0.2) is 0 Å². The van der Waals surface area contributed by atoms with Crippen molar-refractivity contribution in [1.29, 1.82) is 0 Å². The molecule has 0 amide bonds. The molecule has 0 aromatic heterocycles. The molecule has 0 aliphatic heterocycles. The first-order valence-electron chi connectivity index (χ1n) is 0.333. The van der Waals surface area contributed by atoms with Crippen LogP contribution in [0.5, 0.6) is 0 Å². The average Bonchev–Trinajstić information content (AvgIpc) is 0.918. The van der Waals surface area contributed by atoms with Crippen molar-refractivity contribution in [2.45, 2.75) is 0 Å². The van der Waals surface area contributed by atoms with Crippen molar-refractivity contribution in [2.24, 2.45) is 0 Å². The Labute approximate surface area is 51.2 Å². The zero-order valence-corrected chi connectivity index (χ0v) is 7.03. The van der Waals surface area contributed by atoms with Crippen molar-refractivity contribution in [3.8, 4) is 0 Å². The standard InChI is InChI=1S/Cu.2S.W. The summed E-state index contributed by atoms with van der Waals surface area (Å²) in [5.41, 5.74) is 0. The van der Waals surface area contributed by atoms with Gasteiger partial charge in [-0.15, -0.1) is 0 Å². The minimum absolute atomic E-state index is 0. The molecule has 0 rings (SSSR count). The van der Waals surface area contributed by atoms with Gasteiger partial charge < -0.3 is 0 Å². The van der Waals surface area contributed by atoms with Crippen LogP contribution in [0.1, 0.15) is 0 Å². The molecule has 0 N–H and O–H groups in total. The van der Waals surface area contributed by atoms with Crippen LogP contribution in [0.2, 0.25) is 0 Å². The fourth-order valence-electron chi connectivity index (χ4n) is 0. The summed E-state index contributed by atoms with van der Waals surface area (Å²) in [6.07, 6.45) is 0.